The molecule has 2 aromatic rings. The zero-order valence-corrected chi connectivity index (χ0v) is 18.4. The van der Waals surface area contributed by atoms with E-state index < -0.39 is 0 Å². The van der Waals surface area contributed by atoms with Crippen LogP contribution in [0.4, 0.5) is 5.82 Å². The van der Waals surface area contributed by atoms with Crippen molar-refractivity contribution in [2.75, 3.05) is 19.4 Å². The zero-order valence-electron chi connectivity index (χ0n) is 15.4. The number of rotatable bonds is 3. The van der Waals surface area contributed by atoms with E-state index in [1.54, 1.807) is 15.4 Å². The van der Waals surface area contributed by atoms with E-state index in [9.17, 15) is 0 Å². The minimum absolute atomic E-state index is 0.572. The third-order valence-corrected chi connectivity index (χ3v) is 5.52. The maximum atomic E-state index is 4.44. The van der Waals surface area contributed by atoms with Crippen LogP contribution in [-0.2, 0) is 0 Å². The number of halogens is 1. The Labute approximate surface area is 162 Å². The van der Waals surface area contributed by atoms with Gasteiger partial charge in [0.1, 0.15) is 12.1 Å². The molecule has 2 heterocycles. The fraction of sp³-hybridized carbons (Fsp3) is 0.647. The maximum Gasteiger partial charge on any atom is 0.156 e. The molecular weight excluding hydrogens is 433 g/mol. The van der Waals surface area contributed by atoms with Gasteiger partial charge in [0, 0.05) is 42.1 Å². The van der Waals surface area contributed by atoms with Gasteiger partial charge in [-0.2, -0.15) is 0 Å². The Morgan fingerprint density at radius 3 is 2.38 bits per heavy atom. The van der Waals surface area contributed by atoms with Crippen molar-refractivity contribution < 1.29 is 0 Å². The first kappa shape index (κ1) is 21.5. The zero-order chi connectivity index (χ0) is 17.9. The van der Waals surface area contributed by atoms with Gasteiger partial charge in [0.15, 0.2) is 5.65 Å². The third-order valence-electron chi connectivity index (χ3n) is 3.74. The smallest absolute Gasteiger partial charge is 0.156 e. The minimum Gasteiger partial charge on any atom is -0.367 e. The molecule has 0 unspecified atom stereocenters. The molecule has 24 heavy (non-hydrogen) atoms. The van der Waals surface area contributed by atoms with Crippen molar-refractivity contribution in [2.45, 2.75) is 58.9 Å². The molecule has 0 aliphatic heterocycles. The van der Waals surface area contributed by atoms with Crippen LogP contribution in [0.1, 0.15) is 51.6 Å². The van der Waals surface area contributed by atoms with Gasteiger partial charge >= 0.3 is 0 Å². The van der Waals surface area contributed by atoms with Crippen LogP contribution < -0.4 is 10.6 Å². The highest BCUT2D eigenvalue weighted by Crippen LogP contribution is 2.31. The van der Waals surface area contributed by atoms with Crippen molar-refractivity contribution in [3.05, 3.63) is 18.1 Å². The predicted octanol–water partition coefficient (Wildman–Crippen LogP) is 5.19. The van der Waals surface area contributed by atoms with Gasteiger partial charge in [-0.1, -0.05) is 33.1 Å². The molecule has 136 valence electrons. The standard InChI is InChI=1S/C13H17IN4S.C2H7N.C2H6/c1-9-7-11-12(17-10-5-3-2-4-6-10)15-8-16-13(11)18(9)19-14;1-3-2;1-2/h7-8,10H,2-6H2,1H3,(H,15,16,17);3H,1-2H3;1-2H3. The first-order chi connectivity index (χ1) is 11.7. The number of anilines is 1. The summed E-state index contributed by atoms with van der Waals surface area (Å²) in [6.07, 6.45) is 8.21. The highest BCUT2D eigenvalue weighted by atomic mass is 127. The fourth-order valence-electron chi connectivity index (χ4n) is 2.76. The van der Waals surface area contributed by atoms with E-state index in [0.29, 0.717) is 6.04 Å². The van der Waals surface area contributed by atoms with E-state index >= 15 is 0 Å². The quantitative estimate of drug-likeness (QED) is 0.614. The molecule has 5 nitrogen and oxygen atoms in total. The molecule has 0 radical (unpaired) electrons. The van der Waals surface area contributed by atoms with Crippen molar-refractivity contribution in [3.8, 4) is 0 Å². The fourth-order valence-corrected chi connectivity index (χ4v) is 4.62. The maximum absolute atomic E-state index is 4.44. The third kappa shape index (κ3) is 5.77. The molecule has 0 amide bonds. The van der Waals surface area contributed by atoms with Gasteiger partial charge in [0.05, 0.1) is 5.39 Å². The number of hydrogen-bond acceptors (Lipinski definition) is 5. The lowest BCUT2D eigenvalue weighted by Gasteiger charge is -2.23. The Morgan fingerprint density at radius 1 is 1.17 bits per heavy atom. The second-order valence-electron chi connectivity index (χ2n) is 5.59. The number of nitrogens with one attached hydrogen (secondary N) is 2. The van der Waals surface area contributed by atoms with E-state index in [1.807, 2.05) is 27.9 Å². The molecule has 1 saturated carbocycles. The van der Waals surface area contributed by atoms with Crippen LogP contribution >= 0.6 is 30.3 Å². The summed E-state index contributed by atoms with van der Waals surface area (Å²) in [5.74, 6) is 0.990. The van der Waals surface area contributed by atoms with Crippen LogP contribution in [0.15, 0.2) is 12.4 Å². The Kier molecular flexibility index (Phi) is 10.7. The molecule has 0 saturated heterocycles. The van der Waals surface area contributed by atoms with E-state index in [0.717, 1.165) is 16.9 Å². The average Bonchev–Trinajstić information content (AvgIpc) is 2.94. The molecule has 0 atom stereocenters. The predicted molar refractivity (Wildman–Crippen MR) is 116 cm³/mol. The summed E-state index contributed by atoms with van der Waals surface area (Å²) in [5, 5.41) is 7.50. The molecule has 1 aliphatic carbocycles. The van der Waals surface area contributed by atoms with Crippen LogP contribution in [-0.4, -0.2) is 34.1 Å². The normalized spacial score (nSPS) is 14.4. The molecule has 3 rings (SSSR count). The van der Waals surface area contributed by atoms with Crippen molar-refractivity contribution >= 4 is 47.2 Å². The van der Waals surface area contributed by atoms with Crippen LogP contribution in [0.5, 0.6) is 0 Å². The van der Waals surface area contributed by atoms with Crippen molar-refractivity contribution in [3.63, 3.8) is 0 Å². The lowest BCUT2D eigenvalue weighted by Crippen LogP contribution is -2.22. The van der Waals surface area contributed by atoms with E-state index in [2.05, 4.69) is 58.8 Å². The molecule has 0 aromatic carbocycles. The van der Waals surface area contributed by atoms with Gasteiger partial charge in [0.25, 0.3) is 0 Å². The molecule has 1 aliphatic rings. The van der Waals surface area contributed by atoms with Gasteiger partial charge in [0.2, 0.25) is 0 Å². The number of hydrogen-bond donors (Lipinski definition) is 2. The molecule has 1 fully saturated rings. The summed E-state index contributed by atoms with van der Waals surface area (Å²) >= 11 is 2.29. The first-order valence-corrected chi connectivity index (χ1v) is 12.0. The first-order valence-electron chi connectivity index (χ1n) is 8.68. The summed E-state index contributed by atoms with van der Waals surface area (Å²) < 4.78 is 2.14. The average molecular weight is 463 g/mol. The van der Waals surface area contributed by atoms with Gasteiger partial charge in [-0.15, -0.1) is 0 Å². The van der Waals surface area contributed by atoms with Crippen LogP contribution in [0.25, 0.3) is 11.0 Å². The number of aromatic nitrogens is 3. The Hall–Kier alpha value is -0.540. The van der Waals surface area contributed by atoms with E-state index in [1.165, 1.54) is 37.8 Å². The van der Waals surface area contributed by atoms with Crippen LogP contribution in [0.3, 0.4) is 0 Å². The second-order valence-corrected chi connectivity index (χ2v) is 7.27. The SMILES string of the molecule is CC.CNC.Cc1cc2c(NC3CCCCC3)ncnc2n1SI. The van der Waals surface area contributed by atoms with Crippen LogP contribution in [0, 0.1) is 6.92 Å². The highest BCUT2D eigenvalue weighted by molar-refractivity contribution is 14.2. The molecule has 0 spiro atoms. The monoisotopic (exact) mass is 463 g/mol. The van der Waals surface area contributed by atoms with E-state index in [-0.39, 0.29) is 0 Å². The van der Waals surface area contributed by atoms with Gasteiger partial charge in [-0.25, -0.2) is 9.97 Å². The summed E-state index contributed by atoms with van der Waals surface area (Å²) in [4.78, 5) is 8.86. The minimum atomic E-state index is 0.572. The number of aryl methyl sites for hydroxylation is 1. The molecule has 2 N–H and O–H groups in total. The molecule has 0 bridgehead atoms. The topological polar surface area (TPSA) is 54.8 Å². The van der Waals surface area contributed by atoms with Crippen molar-refractivity contribution in [2.24, 2.45) is 0 Å². The lowest BCUT2D eigenvalue weighted by molar-refractivity contribution is 0.462. The van der Waals surface area contributed by atoms with Crippen molar-refractivity contribution in [1.29, 1.82) is 0 Å². The second kappa shape index (κ2) is 11.9. The Balaban J connectivity index is 0.000000521. The van der Waals surface area contributed by atoms with Crippen LogP contribution in [0.2, 0.25) is 0 Å². The van der Waals surface area contributed by atoms with Crippen molar-refractivity contribution in [1.82, 2.24) is 19.3 Å². The van der Waals surface area contributed by atoms with E-state index in [4.69, 9.17) is 0 Å². The largest absolute Gasteiger partial charge is 0.367 e. The molecule has 2 aromatic heterocycles. The summed E-state index contributed by atoms with van der Waals surface area (Å²) in [5.41, 5.74) is 2.21. The van der Waals surface area contributed by atoms with Gasteiger partial charge in [-0.05, 0) is 39.9 Å². The Morgan fingerprint density at radius 2 is 1.79 bits per heavy atom. The summed E-state index contributed by atoms with van der Waals surface area (Å²) in [6, 6.07) is 2.74. The molecular formula is C17H30IN5S. The number of nitrogens with zero attached hydrogens (tertiary/aromatic N) is 3. The number of fused-ring (bicyclic) bond motifs is 1. The van der Waals surface area contributed by atoms with Gasteiger partial charge in [-0.3, -0.25) is 3.97 Å². The summed E-state index contributed by atoms with van der Waals surface area (Å²) in [6.45, 7) is 6.11. The van der Waals surface area contributed by atoms with Gasteiger partial charge < -0.3 is 10.6 Å². The molecule has 7 heteroatoms. The highest BCUT2D eigenvalue weighted by Gasteiger charge is 2.17. The Bertz CT molecular complexity index is 596. The summed E-state index contributed by atoms with van der Waals surface area (Å²) in [7, 11) is 5.40. The lowest BCUT2D eigenvalue weighted by atomic mass is 9.95.